The van der Waals surface area contributed by atoms with Crippen LogP contribution in [-0.4, -0.2) is 17.7 Å². The highest BCUT2D eigenvalue weighted by Gasteiger charge is 2.16. The molecule has 0 aliphatic rings. The molecule has 0 bridgehead atoms. The molecule has 0 aliphatic heterocycles. The Kier molecular flexibility index (Phi) is 3.82. The molecule has 0 aromatic heterocycles. The van der Waals surface area contributed by atoms with Crippen LogP contribution in [0.3, 0.4) is 0 Å². The topological polar surface area (TPSA) is 96.3 Å². The molecule has 0 atom stereocenters. The van der Waals surface area contributed by atoms with Gasteiger partial charge in [-0.25, -0.2) is 0 Å². The van der Waals surface area contributed by atoms with E-state index in [-0.39, 0.29) is 22.6 Å². The normalized spacial score (nSPS) is 10.0. The number of carbonyl (C=O) groups is 1. The fourth-order valence-corrected chi connectivity index (χ4v) is 1.29. The molecule has 0 heterocycles. The predicted octanol–water partition coefficient (Wildman–Crippen LogP) is 1.37. The average molecular weight is 242 g/mol. The molecule has 0 fully saturated rings. The van der Waals surface area contributed by atoms with Crippen LogP contribution < -0.4 is 10.5 Å². The van der Waals surface area contributed by atoms with Crippen LogP contribution >= 0.6 is 0 Å². The maximum absolute atomic E-state index is 12.0. The third-order valence-corrected chi connectivity index (χ3v) is 1.98. The molecule has 7 heteroatoms. The molecule has 0 saturated heterocycles. The average Bonchev–Trinajstić information content (AvgIpc) is 2.23. The Bertz CT molecular complexity index is 483. The molecule has 0 spiro atoms. The van der Waals surface area contributed by atoms with Crippen molar-refractivity contribution < 1.29 is 23.4 Å². The first-order chi connectivity index (χ1) is 7.95. The Labute approximate surface area is 95.0 Å². The smallest absolute Gasteiger partial charge is 0.387 e. The van der Waals surface area contributed by atoms with Gasteiger partial charge in [0.25, 0.3) is 0 Å². The van der Waals surface area contributed by atoms with Gasteiger partial charge in [0, 0.05) is 5.56 Å². The summed E-state index contributed by atoms with van der Waals surface area (Å²) in [5, 5.41) is 17.4. The summed E-state index contributed by atoms with van der Waals surface area (Å²) in [5.41, 5.74) is 5.22. The number of alkyl halides is 2. The lowest BCUT2D eigenvalue weighted by Gasteiger charge is -2.11. The number of carboxylic acid groups (broad SMARTS) is 1. The van der Waals surface area contributed by atoms with Crippen LogP contribution in [0.1, 0.15) is 11.1 Å². The lowest BCUT2D eigenvalue weighted by atomic mass is 10.0. The maximum Gasteiger partial charge on any atom is 0.387 e. The predicted molar refractivity (Wildman–Crippen MR) is 53.5 cm³/mol. The molecular weight excluding hydrogens is 234 g/mol. The summed E-state index contributed by atoms with van der Waals surface area (Å²) in [6, 6.07) is 4.03. The summed E-state index contributed by atoms with van der Waals surface area (Å²) in [6.07, 6.45) is -0.533. The number of benzene rings is 1. The molecule has 17 heavy (non-hydrogen) atoms. The van der Waals surface area contributed by atoms with Crippen LogP contribution in [0.2, 0.25) is 0 Å². The van der Waals surface area contributed by atoms with Gasteiger partial charge in [0.1, 0.15) is 5.75 Å². The quantitative estimate of drug-likeness (QED) is 0.777. The van der Waals surface area contributed by atoms with E-state index < -0.39 is 19.0 Å². The second kappa shape index (κ2) is 5.12. The second-order valence-electron chi connectivity index (χ2n) is 3.06. The first kappa shape index (κ1) is 12.7. The lowest BCUT2D eigenvalue weighted by molar-refractivity contribution is -0.136. The zero-order valence-corrected chi connectivity index (χ0v) is 8.48. The standard InChI is InChI=1S/C10H8F2N2O3/c11-10(12)17-7-2-1-5(4-13)6(9(7)14)3-8(15)16/h1-2,10H,3,14H2,(H,15,16). The van der Waals surface area contributed by atoms with Gasteiger partial charge in [-0.1, -0.05) is 0 Å². The fourth-order valence-electron chi connectivity index (χ4n) is 1.29. The van der Waals surface area contributed by atoms with Crippen LogP contribution in [0.15, 0.2) is 12.1 Å². The number of nitrogen functional groups attached to an aromatic ring is 1. The van der Waals surface area contributed by atoms with E-state index in [1.165, 1.54) is 6.07 Å². The number of carboxylic acids is 1. The summed E-state index contributed by atoms with van der Waals surface area (Å²) in [6.45, 7) is -3.07. The van der Waals surface area contributed by atoms with Crippen LogP contribution in [0.5, 0.6) is 5.75 Å². The summed E-state index contributed by atoms with van der Waals surface area (Å²) in [4.78, 5) is 10.6. The number of hydrogen-bond donors (Lipinski definition) is 2. The summed E-state index contributed by atoms with van der Waals surface area (Å²) < 4.78 is 28.1. The minimum Gasteiger partial charge on any atom is -0.481 e. The van der Waals surface area contributed by atoms with E-state index in [9.17, 15) is 13.6 Å². The third-order valence-electron chi connectivity index (χ3n) is 1.98. The zero-order valence-electron chi connectivity index (χ0n) is 8.48. The minimum atomic E-state index is -3.07. The van der Waals surface area contributed by atoms with Crippen LogP contribution in [0.25, 0.3) is 0 Å². The van der Waals surface area contributed by atoms with Gasteiger partial charge in [-0.3, -0.25) is 4.79 Å². The van der Waals surface area contributed by atoms with E-state index >= 15 is 0 Å². The van der Waals surface area contributed by atoms with Crippen molar-refractivity contribution in [3.05, 3.63) is 23.3 Å². The summed E-state index contributed by atoms with van der Waals surface area (Å²) in [7, 11) is 0. The molecule has 3 N–H and O–H groups in total. The number of rotatable bonds is 4. The van der Waals surface area contributed by atoms with Crippen molar-refractivity contribution in [1.82, 2.24) is 0 Å². The minimum absolute atomic E-state index is 0.0199. The molecule has 0 radical (unpaired) electrons. The molecule has 90 valence electrons. The first-order valence-electron chi connectivity index (χ1n) is 4.43. The van der Waals surface area contributed by atoms with Crippen LogP contribution in [0.4, 0.5) is 14.5 Å². The van der Waals surface area contributed by atoms with E-state index in [1.54, 1.807) is 6.07 Å². The van der Waals surface area contributed by atoms with Crippen molar-refractivity contribution >= 4 is 11.7 Å². The van der Waals surface area contributed by atoms with Gasteiger partial charge in [0.2, 0.25) is 0 Å². The van der Waals surface area contributed by atoms with E-state index in [0.717, 1.165) is 6.07 Å². The highest BCUT2D eigenvalue weighted by Crippen LogP contribution is 2.29. The molecule has 1 rings (SSSR count). The fraction of sp³-hybridized carbons (Fsp3) is 0.200. The lowest BCUT2D eigenvalue weighted by Crippen LogP contribution is -2.10. The van der Waals surface area contributed by atoms with Crippen molar-refractivity contribution in [1.29, 1.82) is 5.26 Å². The number of anilines is 1. The monoisotopic (exact) mass is 242 g/mol. The van der Waals surface area contributed by atoms with E-state index in [2.05, 4.69) is 4.74 Å². The van der Waals surface area contributed by atoms with Gasteiger partial charge in [-0.2, -0.15) is 14.0 Å². The second-order valence-corrected chi connectivity index (χ2v) is 3.06. The van der Waals surface area contributed by atoms with Crippen molar-refractivity contribution in [2.75, 3.05) is 5.73 Å². The van der Waals surface area contributed by atoms with Crippen molar-refractivity contribution in [2.45, 2.75) is 13.0 Å². The Morgan fingerprint density at radius 1 is 1.59 bits per heavy atom. The molecule has 0 aliphatic carbocycles. The van der Waals surface area contributed by atoms with Gasteiger partial charge >= 0.3 is 12.6 Å². The van der Waals surface area contributed by atoms with E-state index in [0.29, 0.717) is 0 Å². The highest BCUT2D eigenvalue weighted by molar-refractivity contribution is 5.76. The molecule has 0 unspecified atom stereocenters. The summed E-state index contributed by atoms with van der Waals surface area (Å²) in [5.74, 6) is -1.56. The van der Waals surface area contributed by atoms with Crippen LogP contribution in [-0.2, 0) is 11.2 Å². The van der Waals surface area contributed by atoms with Gasteiger partial charge in [-0.05, 0) is 12.1 Å². The van der Waals surface area contributed by atoms with Gasteiger partial charge in [0.15, 0.2) is 0 Å². The number of nitrogens with two attached hydrogens (primary N) is 1. The molecule has 1 aromatic carbocycles. The summed E-state index contributed by atoms with van der Waals surface area (Å²) >= 11 is 0. The van der Waals surface area contributed by atoms with Gasteiger partial charge < -0.3 is 15.6 Å². The number of nitrogens with zero attached hydrogens (tertiary/aromatic N) is 1. The number of nitriles is 1. The largest absolute Gasteiger partial charge is 0.481 e. The van der Waals surface area contributed by atoms with Crippen molar-refractivity contribution in [3.8, 4) is 11.8 Å². The molecule has 0 saturated carbocycles. The molecule has 5 nitrogen and oxygen atoms in total. The molecule has 0 amide bonds. The van der Waals surface area contributed by atoms with Gasteiger partial charge in [-0.15, -0.1) is 0 Å². The Morgan fingerprint density at radius 2 is 2.24 bits per heavy atom. The highest BCUT2D eigenvalue weighted by atomic mass is 19.3. The molecular formula is C10H8F2N2O3. The van der Waals surface area contributed by atoms with Gasteiger partial charge in [0.05, 0.1) is 23.7 Å². The zero-order chi connectivity index (χ0) is 13.0. The van der Waals surface area contributed by atoms with E-state index in [1.807, 2.05) is 0 Å². The Hall–Kier alpha value is -2.36. The first-order valence-corrected chi connectivity index (χ1v) is 4.43. The number of ether oxygens (including phenoxy) is 1. The number of aliphatic carboxylic acids is 1. The number of halogens is 2. The Balaban J connectivity index is 3.23. The maximum atomic E-state index is 12.0. The van der Waals surface area contributed by atoms with E-state index in [4.69, 9.17) is 16.1 Å². The Morgan fingerprint density at radius 3 is 2.71 bits per heavy atom. The molecule has 1 aromatic rings. The van der Waals surface area contributed by atoms with Crippen molar-refractivity contribution in [3.63, 3.8) is 0 Å². The third kappa shape index (κ3) is 3.04. The van der Waals surface area contributed by atoms with Crippen molar-refractivity contribution in [2.24, 2.45) is 0 Å². The van der Waals surface area contributed by atoms with Crippen LogP contribution in [0, 0.1) is 11.3 Å². The number of hydrogen-bond acceptors (Lipinski definition) is 4. The SMILES string of the molecule is N#Cc1ccc(OC(F)F)c(N)c1CC(=O)O.